The van der Waals surface area contributed by atoms with E-state index < -0.39 is 4.92 Å². The molecule has 0 saturated heterocycles. The normalized spacial score (nSPS) is 10.3. The number of nitrogens with one attached hydrogen (secondary N) is 1. The summed E-state index contributed by atoms with van der Waals surface area (Å²) in [5.74, 6) is 0. The molecule has 0 aliphatic rings. The van der Waals surface area contributed by atoms with E-state index >= 15 is 0 Å². The van der Waals surface area contributed by atoms with Crippen LogP contribution in [0.1, 0.15) is 11.1 Å². The van der Waals surface area contributed by atoms with E-state index in [9.17, 15) is 10.1 Å². The van der Waals surface area contributed by atoms with Crippen LogP contribution < -0.4 is 5.32 Å². The van der Waals surface area contributed by atoms with Crippen molar-refractivity contribution < 1.29 is 4.92 Å². The highest BCUT2D eigenvalue weighted by Crippen LogP contribution is 2.30. The first-order chi connectivity index (χ1) is 8.58. The van der Waals surface area contributed by atoms with Gasteiger partial charge in [0, 0.05) is 18.3 Å². The maximum atomic E-state index is 10.7. The maximum Gasteiger partial charge on any atom is 0.288 e. The van der Waals surface area contributed by atoms with Crippen LogP contribution in [-0.2, 0) is 6.54 Å². The number of halogens is 1. The van der Waals surface area contributed by atoms with Crippen LogP contribution in [-0.4, -0.2) is 4.92 Å². The first-order valence-corrected chi connectivity index (χ1v) is 6.59. The fourth-order valence-electron chi connectivity index (χ4n) is 1.59. The molecule has 0 aliphatic heterocycles. The molecule has 0 radical (unpaired) electrons. The molecule has 0 saturated carbocycles. The van der Waals surface area contributed by atoms with Crippen molar-refractivity contribution >= 4 is 34.3 Å². The van der Waals surface area contributed by atoms with Gasteiger partial charge >= 0.3 is 0 Å². The average molecular weight is 283 g/mol. The number of hydrogen-bond donors (Lipinski definition) is 1. The molecule has 0 spiro atoms. The summed E-state index contributed by atoms with van der Waals surface area (Å²) < 4.78 is 0. The molecule has 6 heteroatoms. The zero-order chi connectivity index (χ0) is 13.1. The lowest BCUT2D eigenvalue weighted by molar-refractivity contribution is -0.384. The molecule has 2 rings (SSSR count). The van der Waals surface area contributed by atoms with E-state index in [1.54, 1.807) is 17.4 Å². The second kappa shape index (κ2) is 5.37. The van der Waals surface area contributed by atoms with Gasteiger partial charge in [-0.2, -0.15) is 11.3 Å². The molecular weight excluding hydrogens is 272 g/mol. The lowest BCUT2D eigenvalue weighted by atomic mass is 10.1. The molecule has 1 N–H and O–H groups in total. The highest BCUT2D eigenvalue weighted by molar-refractivity contribution is 7.07. The number of rotatable bonds is 4. The number of hydrogen-bond acceptors (Lipinski definition) is 4. The lowest BCUT2D eigenvalue weighted by Crippen LogP contribution is -2.01. The molecule has 1 heterocycles. The van der Waals surface area contributed by atoms with E-state index in [0.29, 0.717) is 6.54 Å². The van der Waals surface area contributed by atoms with E-state index in [0.717, 1.165) is 11.3 Å². The quantitative estimate of drug-likeness (QED) is 0.674. The third-order valence-corrected chi connectivity index (χ3v) is 3.59. The smallest absolute Gasteiger partial charge is 0.288 e. The molecule has 94 valence electrons. The summed E-state index contributed by atoms with van der Waals surface area (Å²) in [4.78, 5) is 10.3. The fraction of sp³-hybridized carbons (Fsp3) is 0.167. The van der Waals surface area contributed by atoms with Gasteiger partial charge in [0.05, 0.1) is 4.92 Å². The van der Waals surface area contributed by atoms with Crippen LogP contribution in [0.5, 0.6) is 0 Å². The predicted octanol–water partition coefficient (Wildman–Crippen LogP) is 4.23. The Kier molecular flexibility index (Phi) is 3.84. The minimum Gasteiger partial charge on any atom is -0.381 e. The largest absolute Gasteiger partial charge is 0.381 e. The van der Waals surface area contributed by atoms with Gasteiger partial charge in [-0.15, -0.1) is 0 Å². The summed E-state index contributed by atoms with van der Waals surface area (Å²) in [5, 5.41) is 18.2. The van der Waals surface area contributed by atoms with E-state index in [-0.39, 0.29) is 10.7 Å². The van der Waals surface area contributed by atoms with Crippen LogP contribution in [0.25, 0.3) is 0 Å². The third-order valence-electron chi connectivity index (χ3n) is 2.55. The zero-order valence-corrected chi connectivity index (χ0v) is 11.2. The van der Waals surface area contributed by atoms with Crippen LogP contribution in [0.4, 0.5) is 11.4 Å². The number of nitro groups is 1. The van der Waals surface area contributed by atoms with E-state index in [2.05, 4.69) is 10.7 Å². The van der Waals surface area contributed by atoms with Crippen LogP contribution in [0.2, 0.25) is 5.02 Å². The Balaban J connectivity index is 2.19. The summed E-state index contributed by atoms with van der Waals surface area (Å²) in [6, 6.07) is 5.11. The number of nitro benzene ring substituents is 1. The molecule has 0 aliphatic carbocycles. The van der Waals surface area contributed by atoms with Crippen LogP contribution >= 0.6 is 22.9 Å². The van der Waals surface area contributed by atoms with Crippen molar-refractivity contribution in [2.24, 2.45) is 0 Å². The molecule has 1 aromatic carbocycles. The van der Waals surface area contributed by atoms with E-state index in [4.69, 9.17) is 11.6 Å². The van der Waals surface area contributed by atoms with Crippen LogP contribution in [0.15, 0.2) is 29.0 Å². The number of thiophene rings is 1. The molecule has 0 unspecified atom stereocenters. The number of aryl methyl sites for hydroxylation is 1. The zero-order valence-electron chi connectivity index (χ0n) is 9.64. The number of benzene rings is 1. The second-order valence-corrected chi connectivity index (χ2v) is 5.05. The monoisotopic (exact) mass is 282 g/mol. The molecule has 0 amide bonds. The molecule has 1 aromatic heterocycles. The summed E-state index contributed by atoms with van der Waals surface area (Å²) in [6.45, 7) is 2.50. The van der Waals surface area contributed by atoms with E-state index in [1.807, 2.05) is 18.4 Å². The van der Waals surface area contributed by atoms with Gasteiger partial charge in [-0.1, -0.05) is 11.6 Å². The first-order valence-electron chi connectivity index (χ1n) is 5.27. The van der Waals surface area contributed by atoms with Crippen molar-refractivity contribution in [1.82, 2.24) is 0 Å². The molecular formula is C12H11ClN2O2S. The second-order valence-electron chi connectivity index (χ2n) is 3.86. The summed E-state index contributed by atoms with van der Waals surface area (Å²) >= 11 is 7.51. The van der Waals surface area contributed by atoms with Gasteiger partial charge in [-0.05, 0) is 40.9 Å². The van der Waals surface area contributed by atoms with E-state index in [1.165, 1.54) is 11.6 Å². The van der Waals surface area contributed by atoms with Crippen LogP contribution in [0.3, 0.4) is 0 Å². The Labute approximate surface area is 113 Å². The summed E-state index contributed by atoms with van der Waals surface area (Å²) in [5.41, 5.74) is 2.74. The highest BCUT2D eigenvalue weighted by atomic mass is 35.5. The van der Waals surface area contributed by atoms with Crippen molar-refractivity contribution in [2.45, 2.75) is 13.5 Å². The topological polar surface area (TPSA) is 55.2 Å². The van der Waals surface area contributed by atoms with Crippen molar-refractivity contribution in [3.8, 4) is 0 Å². The Morgan fingerprint density at radius 2 is 2.28 bits per heavy atom. The molecule has 18 heavy (non-hydrogen) atoms. The third kappa shape index (κ3) is 2.80. The Bertz CT molecular complexity index is 570. The minimum absolute atomic E-state index is 0.0600. The fourth-order valence-corrected chi connectivity index (χ4v) is 2.49. The predicted molar refractivity (Wildman–Crippen MR) is 74.5 cm³/mol. The van der Waals surface area contributed by atoms with Gasteiger partial charge in [-0.3, -0.25) is 10.1 Å². The van der Waals surface area contributed by atoms with Crippen LogP contribution in [0, 0.1) is 17.0 Å². The Hall–Kier alpha value is -1.59. The van der Waals surface area contributed by atoms with Gasteiger partial charge in [0.1, 0.15) is 5.02 Å². The molecule has 2 aromatic rings. The van der Waals surface area contributed by atoms with Crippen molar-refractivity contribution in [3.63, 3.8) is 0 Å². The van der Waals surface area contributed by atoms with Gasteiger partial charge < -0.3 is 5.32 Å². The SMILES string of the molecule is Cc1cc([N+](=O)[O-])c(Cl)cc1NCc1ccsc1. The average Bonchev–Trinajstić information content (AvgIpc) is 2.82. The van der Waals surface area contributed by atoms with Gasteiger partial charge in [0.15, 0.2) is 0 Å². The lowest BCUT2D eigenvalue weighted by Gasteiger charge is -2.09. The highest BCUT2D eigenvalue weighted by Gasteiger charge is 2.14. The molecule has 0 bridgehead atoms. The van der Waals surface area contributed by atoms with Gasteiger partial charge in [0.25, 0.3) is 5.69 Å². The first kappa shape index (κ1) is 12.9. The minimum atomic E-state index is -0.474. The van der Waals surface area contributed by atoms with Crippen molar-refractivity contribution in [3.05, 3.63) is 55.2 Å². The molecule has 0 atom stereocenters. The molecule has 4 nitrogen and oxygen atoms in total. The van der Waals surface area contributed by atoms with Gasteiger partial charge in [0.2, 0.25) is 0 Å². The maximum absolute atomic E-state index is 10.7. The summed E-state index contributed by atoms with van der Waals surface area (Å²) in [6.07, 6.45) is 0. The van der Waals surface area contributed by atoms with Crippen molar-refractivity contribution in [1.29, 1.82) is 0 Å². The number of anilines is 1. The van der Waals surface area contributed by atoms with Gasteiger partial charge in [-0.25, -0.2) is 0 Å². The van der Waals surface area contributed by atoms with Crippen molar-refractivity contribution in [2.75, 3.05) is 5.32 Å². The standard InChI is InChI=1S/C12H11ClN2O2S/c1-8-4-12(15(16)17)10(13)5-11(8)14-6-9-2-3-18-7-9/h2-5,7,14H,6H2,1H3. The Morgan fingerprint density at radius 3 is 2.89 bits per heavy atom. The Morgan fingerprint density at radius 1 is 1.50 bits per heavy atom. The number of nitrogens with zero attached hydrogens (tertiary/aromatic N) is 1. The summed E-state index contributed by atoms with van der Waals surface area (Å²) in [7, 11) is 0. The molecule has 0 fully saturated rings.